The van der Waals surface area contributed by atoms with Crippen LogP contribution in [0.25, 0.3) is 6.08 Å². The van der Waals surface area contributed by atoms with Crippen molar-refractivity contribution >= 4 is 12.0 Å². The number of rotatable bonds is 5. The monoisotopic (exact) mass is 233 g/mol. The lowest BCUT2D eigenvalue weighted by molar-refractivity contribution is -0.124. The van der Waals surface area contributed by atoms with Crippen molar-refractivity contribution < 1.29 is 9.53 Å². The molecule has 0 spiro atoms. The van der Waals surface area contributed by atoms with E-state index >= 15 is 0 Å². The fraction of sp³-hybridized carbons (Fsp3) is 0.357. The molecule has 0 atom stereocenters. The third-order valence-corrected chi connectivity index (χ3v) is 2.47. The summed E-state index contributed by atoms with van der Waals surface area (Å²) in [5.74, 6) is 0.803. The largest absolute Gasteiger partial charge is 0.493 e. The van der Waals surface area contributed by atoms with Gasteiger partial charge in [-0.25, -0.2) is 0 Å². The Morgan fingerprint density at radius 1 is 1.35 bits per heavy atom. The van der Waals surface area contributed by atoms with Crippen LogP contribution < -0.4 is 4.74 Å². The summed E-state index contributed by atoms with van der Waals surface area (Å²) in [4.78, 5) is 13.3. The lowest BCUT2D eigenvalue weighted by atomic mass is 10.2. The number of carbonyl (C=O) groups excluding carboxylic acids is 1. The van der Waals surface area contributed by atoms with Crippen LogP contribution >= 0.6 is 0 Å². The van der Waals surface area contributed by atoms with Crippen molar-refractivity contribution in [1.82, 2.24) is 4.90 Å². The lowest BCUT2D eigenvalue weighted by Gasteiger charge is -2.11. The van der Waals surface area contributed by atoms with Crippen LogP contribution in [0.3, 0.4) is 0 Å². The molecule has 0 unspecified atom stereocenters. The van der Waals surface area contributed by atoms with Crippen molar-refractivity contribution in [2.75, 3.05) is 20.2 Å². The fourth-order valence-corrected chi connectivity index (χ4v) is 1.35. The van der Waals surface area contributed by atoms with E-state index in [-0.39, 0.29) is 5.91 Å². The molecule has 1 amide bonds. The summed E-state index contributed by atoms with van der Waals surface area (Å²) in [6.07, 6.45) is 3.36. The maximum Gasteiger partial charge on any atom is 0.246 e. The Hall–Kier alpha value is -1.77. The van der Waals surface area contributed by atoms with E-state index in [1.54, 1.807) is 24.1 Å². The minimum atomic E-state index is -0.00111. The van der Waals surface area contributed by atoms with E-state index in [4.69, 9.17) is 4.74 Å². The first-order valence-corrected chi connectivity index (χ1v) is 5.84. The zero-order valence-electron chi connectivity index (χ0n) is 10.6. The smallest absolute Gasteiger partial charge is 0.246 e. The van der Waals surface area contributed by atoms with Gasteiger partial charge in [-0.05, 0) is 26.0 Å². The molecule has 0 saturated carbocycles. The number of carbonyl (C=O) groups is 1. The zero-order chi connectivity index (χ0) is 12.7. The molecule has 17 heavy (non-hydrogen) atoms. The molecule has 3 heteroatoms. The van der Waals surface area contributed by atoms with Crippen LogP contribution in [0.4, 0.5) is 0 Å². The van der Waals surface area contributed by atoms with Gasteiger partial charge in [0.25, 0.3) is 0 Å². The summed E-state index contributed by atoms with van der Waals surface area (Å²) in [5.41, 5.74) is 0.923. The second kappa shape index (κ2) is 6.74. The molecule has 0 aromatic heterocycles. The predicted octanol–water partition coefficient (Wildman–Crippen LogP) is 2.58. The van der Waals surface area contributed by atoms with Gasteiger partial charge in [0.05, 0.1) is 6.61 Å². The number of hydrogen-bond donors (Lipinski definition) is 0. The van der Waals surface area contributed by atoms with Gasteiger partial charge in [0.2, 0.25) is 5.91 Å². The number of likely N-dealkylation sites (N-methyl/N-ethyl adjacent to an activating group) is 1. The molecule has 1 aromatic carbocycles. The van der Waals surface area contributed by atoms with Gasteiger partial charge < -0.3 is 9.64 Å². The lowest BCUT2D eigenvalue weighted by Crippen LogP contribution is -2.23. The van der Waals surface area contributed by atoms with Gasteiger partial charge in [0.1, 0.15) is 5.75 Å². The van der Waals surface area contributed by atoms with Crippen LogP contribution in [-0.4, -0.2) is 31.0 Å². The molecule has 1 aromatic rings. The van der Waals surface area contributed by atoms with Gasteiger partial charge in [0, 0.05) is 25.2 Å². The van der Waals surface area contributed by atoms with Crippen LogP contribution in [0.1, 0.15) is 19.4 Å². The maximum atomic E-state index is 11.6. The normalized spacial score (nSPS) is 10.5. The van der Waals surface area contributed by atoms with E-state index in [0.717, 1.165) is 11.3 Å². The molecular formula is C14H19NO2. The molecule has 0 fully saturated rings. The molecule has 3 nitrogen and oxygen atoms in total. The topological polar surface area (TPSA) is 29.5 Å². The number of ether oxygens (including phenoxy) is 1. The molecule has 0 aliphatic heterocycles. The Labute approximate surface area is 103 Å². The Bertz CT molecular complexity index is 399. The van der Waals surface area contributed by atoms with Crippen molar-refractivity contribution in [2.45, 2.75) is 13.8 Å². The van der Waals surface area contributed by atoms with Gasteiger partial charge in [-0.15, -0.1) is 0 Å². The number of benzene rings is 1. The average Bonchev–Trinajstić information content (AvgIpc) is 2.36. The fourth-order valence-electron chi connectivity index (χ4n) is 1.35. The van der Waals surface area contributed by atoms with Crippen molar-refractivity contribution in [1.29, 1.82) is 0 Å². The summed E-state index contributed by atoms with van der Waals surface area (Å²) in [5, 5.41) is 0. The average molecular weight is 233 g/mol. The van der Waals surface area contributed by atoms with E-state index in [1.165, 1.54) is 0 Å². The highest BCUT2D eigenvalue weighted by Gasteiger charge is 2.02. The van der Waals surface area contributed by atoms with Crippen molar-refractivity contribution in [2.24, 2.45) is 0 Å². The number of para-hydroxylation sites is 1. The molecule has 0 N–H and O–H groups in total. The van der Waals surface area contributed by atoms with Gasteiger partial charge in [0.15, 0.2) is 0 Å². The van der Waals surface area contributed by atoms with Crippen LogP contribution in [0, 0.1) is 0 Å². The second-order valence-corrected chi connectivity index (χ2v) is 3.66. The van der Waals surface area contributed by atoms with Crippen LogP contribution in [0.5, 0.6) is 5.75 Å². The minimum absolute atomic E-state index is 0.00111. The number of hydrogen-bond acceptors (Lipinski definition) is 2. The summed E-state index contributed by atoms with van der Waals surface area (Å²) < 4.78 is 5.48. The zero-order valence-corrected chi connectivity index (χ0v) is 10.6. The van der Waals surface area contributed by atoms with Gasteiger partial charge in [-0.2, -0.15) is 0 Å². The molecule has 1 rings (SSSR count). The third kappa shape index (κ3) is 3.94. The molecular weight excluding hydrogens is 214 g/mol. The Morgan fingerprint density at radius 2 is 2.06 bits per heavy atom. The van der Waals surface area contributed by atoms with Crippen molar-refractivity contribution in [3.8, 4) is 5.75 Å². The molecule has 92 valence electrons. The summed E-state index contributed by atoms with van der Waals surface area (Å²) in [6, 6.07) is 7.68. The van der Waals surface area contributed by atoms with Crippen LogP contribution in [0.15, 0.2) is 30.3 Å². The minimum Gasteiger partial charge on any atom is -0.493 e. The molecule has 0 heterocycles. The quantitative estimate of drug-likeness (QED) is 0.731. The standard InChI is InChI=1S/C14H19NO2/c1-4-15(3)14(16)11-10-12-8-6-7-9-13(12)17-5-2/h6-11H,4-5H2,1-3H3/b11-10+. The van der Waals surface area contributed by atoms with E-state index in [2.05, 4.69) is 0 Å². The molecule has 0 bridgehead atoms. The molecule has 0 aliphatic carbocycles. The highest BCUT2D eigenvalue weighted by Crippen LogP contribution is 2.19. The van der Waals surface area contributed by atoms with Gasteiger partial charge in [-0.1, -0.05) is 18.2 Å². The third-order valence-electron chi connectivity index (χ3n) is 2.47. The molecule has 0 saturated heterocycles. The van der Waals surface area contributed by atoms with Gasteiger partial charge >= 0.3 is 0 Å². The maximum absolute atomic E-state index is 11.6. The molecule has 0 radical (unpaired) electrons. The van der Waals surface area contributed by atoms with Crippen molar-refractivity contribution in [3.63, 3.8) is 0 Å². The summed E-state index contributed by atoms with van der Waals surface area (Å²) >= 11 is 0. The van der Waals surface area contributed by atoms with E-state index < -0.39 is 0 Å². The Morgan fingerprint density at radius 3 is 2.71 bits per heavy atom. The first-order chi connectivity index (χ1) is 8.19. The number of nitrogens with zero attached hydrogens (tertiary/aromatic N) is 1. The Balaban J connectivity index is 2.80. The van der Waals surface area contributed by atoms with E-state index in [1.807, 2.05) is 38.1 Å². The number of amides is 1. The highest BCUT2D eigenvalue weighted by atomic mass is 16.5. The Kier molecular flexibility index (Phi) is 5.27. The first kappa shape index (κ1) is 13.3. The predicted molar refractivity (Wildman–Crippen MR) is 70.0 cm³/mol. The van der Waals surface area contributed by atoms with Crippen LogP contribution in [0.2, 0.25) is 0 Å². The first-order valence-electron chi connectivity index (χ1n) is 5.84. The summed E-state index contributed by atoms with van der Waals surface area (Å²) in [6.45, 7) is 5.21. The molecule has 0 aliphatic rings. The van der Waals surface area contributed by atoms with E-state index in [9.17, 15) is 4.79 Å². The van der Waals surface area contributed by atoms with Gasteiger partial charge in [-0.3, -0.25) is 4.79 Å². The highest BCUT2D eigenvalue weighted by molar-refractivity contribution is 5.91. The SMILES string of the molecule is CCOc1ccccc1/C=C/C(=O)N(C)CC. The summed E-state index contributed by atoms with van der Waals surface area (Å²) in [7, 11) is 1.78. The second-order valence-electron chi connectivity index (χ2n) is 3.66. The van der Waals surface area contributed by atoms with Crippen molar-refractivity contribution in [3.05, 3.63) is 35.9 Å². The van der Waals surface area contributed by atoms with E-state index in [0.29, 0.717) is 13.2 Å². The van der Waals surface area contributed by atoms with Crippen LogP contribution in [-0.2, 0) is 4.79 Å².